The number of aliphatic hydroxyl groups is 1. The number of benzene rings is 2. The molecule has 3 nitrogen and oxygen atoms in total. The van der Waals surface area contributed by atoms with Gasteiger partial charge < -0.3 is 14.7 Å². The molecule has 0 unspecified atom stereocenters. The van der Waals surface area contributed by atoms with Gasteiger partial charge in [0.2, 0.25) is 0 Å². The second kappa shape index (κ2) is 6.61. The van der Waals surface area contributed by atoms with Crippen LogP contribution in [-0.4, -0.2) is 23.1 Å². The standard InChI is InChI=1S/C20H21NO2/c1-15-19(17-11-7-4-8-12-17)23-20(22)18(21(15)2)14-13-16-9-5-3-6-10-16/h3-15,19,22H,1-2H3/b14-13+/t15-,19-/m0/s1. The van der Waals surface area contributed by atoms with Crippen molar-refractivity contribution >= 4 is 6.08 Å². The first-order chi connectivity index (χ1) is 11.2. The largest absolute Gasteiger partial charge is 0.479 e. The molecule has 0 aromatic heterocycles. The van der Waals surface area contributed by atoms with Crippen molar-refractivity contribution in [2.24, 2.45) is 0 Å². The molecular formula is C20H21NO2. The molecule has 2 aromatic carbocycles. The summed E-state index contributed by atoms with van der Waals surface area (Å²) >= 11 is 0. The van der Waals surface area contributed by atoms with E-state index in [4.69, 9.17) is 4.74 Å². The summed E-state index contributed by atoms with van der Waals surface area (Å²) in [5.74, 6) is -0.0355. The quantitative estimate of drug-likeness (QED) is 0.905. The molecule has 1 heterocycles. The Balaban J connectivity index is 1.86. The summed E-state index contributed by atoms with van der Waals surface area (Å²) in [5.41, 5.74) is 2.83. The summed E-state index contributed by atoms with van der Waals surface area (Å²) < 4.78 is 5.80. The van der Waals surface area contributed by atoms with Gasteiger partial charge in [0.15, 0.2) is 0 Å². The lowest BCUT2D eigenvalue weighted by atomic mass is 10.0. The second-order valence-electron chi connectivity index (χ2n) is 5.74. The highest BCUT2D eigenvalue weighted by Crippen LogP contribution is 2.34. The second-order valence-corrected chi connectivity index (χ2v) is 5.74. The molecule has 2 atom stereocenters. The molecular weight excluding hydrogens is 286 g/mol. The molecule has 1 N–H and O–H groups in total. The third-order valence-electron chi connectivity index (χ3n) is 4.25. The third-order valence-corrected chi connectivity index (χ3v) is 4.25. The van der Waals surface area contributed by atoms with Gasteiger partial charge in [-0.2, -0.15) is 0 Å². The lowest BCUT2D eigenvalue weighted by Gasteiger charge is -2.38. The number of nitrogens with zero attached hydrogens (tertiary/aromatic N) is 1. The van der Waals surface area contributed by atoms with Crippen LogP contribution >= 0.6 is 0 Å². The lowest BCUT2D eigenvalue weighted by molar-refractivity contribution is -0.0402. The van der Waals surface area contributed by atoms with Gasteiger partial charge in [-0.05, 0) is 24.1 Å². The maximum absolute atomic E-state index is 10.3. The fourth-order valence-electron chi connectivity index (χ4n) is 2.77. The molecule has 1 aliphatic heterocycles. The minimum absolute atomic E-state index is 0.0355. The number of aliphatic hydroxyl groups excluding tert-OH is 1. The maximum Gasteiger partial charge on any atom is 0.301 e. The summed E-state index contributed by atoms with van der Waals surface area (Å²) in [7, 11) is 1.98. The van der Waals surface area contributed by atoms with Crippen molar-refractivity contribution < 1.29 is 9.84 Å². The first-order valence-electron chi connectivity index (χ1n) is 7.77. The normalized spacial score (nSPS) is 21.6. The molecule has 0 fully saturated rings. The number of allylic oxidation sites excluding steroid dienone is 1. The van der Waals surface area contributed by atoms with Crippen molar-refractivity contribution in [2.75, 3.05) is 7.05 Å². The molecule has 0 saturated heterocycles. The predicted octanol–water partition coefficient (Wildman–Crippen LogP) is 4.52. The monoisotopic (exact) mass is 307 g/mol. The van der Waals surface area contributed by atoms with E-state index >= 15 is 0 Å². The van der Waals surface area contributed by atoms with E-state index in [1.165, 1.54) is 0 Å². The summed E-state index contributed by atoms with van der Waals surface area (Å²) in [5, 5.41) is 10.3. The van der Waals surface area contributed by atoms with Crippen LogP contribution in [0, 0.1) is 0 Å². The van der Waals surface area contributed by atoms with Gasteiger partial charge in [0.1, 0.15) is 11.8 Å². The van der Waals surface area contributed by atoms with E-state index in [0.29, 0.717) is 5.70 Å². The van der Waals surface area contributed by atoms with Crippen molar-refractivity contribution in [3.05, 3.63) is 89.5 Å². The van der Waals surface area contributed by atoms with Crippen LogP contribution in [0.15, 0.2) is 78.4 Å². The minimum Gasteiger partial charge on any atom is -0.479 e. The van der Waals surface area contributed by atoms with Crippen LogP contribution in [-0.2, 0) is 4.74 Å². The molecule has 3 heteroatoms. The first kappa shape index (κ1) is 15.2. The van der Waals surface area contributed by atoms with Crippen LogP contribution in [0.25, 0.3) is 6.08 Å². The molecule has 0 spiro atoms. The van der Waals surface area contributed by atoms with Gasteiger partial charge in [0, 0.05) is 7.05 Å². The van der Waals surface area contributed by atoms with Gasteiger partial charge in [-0.1, -0.05) is 66.7 Å². The topological polar surface area (TPSA) is 32.7 Å². The van der Waals surface area contributed by atoms with Gasteiger partial charge in [-0.25, -0.2) is 0 Å². The lowest BCUT2D eigenvalue weighted by Crippen LogP contribution is -2.39. The van der Waals surface area contributed by atoms with E-state index in [2.05, 4.69) is 11.8 Å². The summed E-state index contributed by atoms with van der Waals surface area (Å²) in [6.45, 7) is 2.10. The number of hydrogen-bond donors (Lipinski definition) is 1. The molecule has 0 radical (unpaired) electrons. The highest BCUT2D eigenvalue weighted by Gasteiger charge is 2.32. The highest BCUT2D eigenvalue weighted by atomic mass is 16.6. The predicted molar refractivity (Wildman–Crippen MR) is 92.6 cm³/mol. The summed E-state index contributed by atoms with van der Waals surface area (Å²) in [6.07, 6.45) is 3.68. The third kappa shape index (κ3) is 3.24. The smallest absolute Gasteiger partial charge is 0.301 e. The van der Waals surface area contributed by atoms with Crippen LogP contribution in [0.1, 0.15) is 24.2 Å². The number of rotatable bonds is 3. The molecule has 0 aliphatic carbocycles. The average molecular weight is 307 g/mol. The molecule has 0 bridgehead atoms. The molecule has 3 rings (SSSR count). The maximum atomic E-state index is 10.3. The van der Waals surface area contributed by atoms with E-state index < -0.39 is 0 Å². The number of ether oxygens (including phenoxy) is 1. The van der Waals surface area contributed by atoms with Gasteiger partial charge in [-0.3, -0.25) is 0 Å². The SMILES string of the molecule is C[C@H]1[C@@H](c2ccccc2)OC(O)=C(/C=C/c2ccccc2)N1C. The Morgan fingerprint density at radius 2 is 1.57 bits per heavy atom. The van der Waals surface area contributed by atoms with Crippen molar-refractivity contribution in [3.8, 4) is 0 Å². The first-order valence-corrected chi connectivity index (χ1v) is 7.77. The van der Waals surface area contributed by atoms with E-state index in [0.717, 1.165) is 11.1 Å². The van der Waals surface area contributed by atoms with Crippen LogP contribution in [0.2, 0.25) is 0 Å². The zero-order valence-corrected chi connectivity index (χ0v) is 13.4. The molecule has 1 aliphatic rings. The Kier molecular flexibility index (Phi) is 4.38. The molecule has 2 aromatic rings. The van der Waals surface area contributed by atoms with Gasteiger partial charge in [-0.15, -0.1) is 0 Å². The Bertz CT molecular complexity index is 707. The Labute approximate surface area is 137 Å². The van der Waals surface area contributed by atoms with E-state index in [9.17, 15) is 5.11 Å². The molecule has 0 saturated carbocycles. The fraction of sp³-hybridized carbons (Fsp3) is 0.200. The molecule has 118 valence electrons. The summed E-state index contributed by atoms with van der Waals surface area (Å²) in [4.78, 5) is 2.05. The number of likely N-dealkylation sites (N-methyl/N-ethyl adjacent to an activating group) is 1. The average Bonchev–Trinajstić information content (AvgIpc) is 2.60. The number of hydrogen-bond acceptors (Lipinski definition) is 3. The fourth-order valence-corrected chi connectivity index (χ4v) is 2.77. The minimum atomic E-state index is -0.185. The van der Waals surface area contributed by atoms with E-state index in [-0.39, 0.29) is 18.1 Å². The van der Waals surface area contributed by atoms with Crippen molar-refractivity contribution in [2.45, 2.75) is 19.1 Å². The Morgan fingerprint density at radius 1 is 0.957 bits per heavy atom. The van der Waals surface area contributed by atoms with Crippen molar-refractivity contribution in [1.82, 2.24) is 4.90 Å². The molecule has 23 heavy (non-hydrogen) atoms. The Morgan fingerprint density at radius 3 is 2.22 bits per heavy atom. The van der Waals surface area contributed by atoms with Crippen LogP contribution in [0.5, 0.6) is 0 Å². The van der Waals surface area contributed by atoms with Gasteiger partial charge >= 0.3 is 5.95 Å². The zero-order chi connectivity index (χ0) is 16.2. The van der Waals surface area contributed by atoms with Crippen LogP contribution in [0.3, 0.4) is 0 Å². The zero-order valence-electron chi connectivity index (χ0n) is 13.4. The molecule has 0 amide bonds. The van der Waals surface area contributed by atoms with Crippen molar-refractivity contribution in [1.29, 1.82) is 0 Å². The van der Waals surface area contributed by atoms with E-state index in [1.54, 1.807) is 0 Å². The van der Waals surface area contributed by atoms with Gasteiger partial charge in [0.25, 0.3) is 0 Å². The van der Waals surface area contributed by atoms with Crippen molar-refractivity contribution in [3.63, 3.8) is 0 Å². The van der Waals surface area contributed by atoms with Gasteiger partial charge in [0.05, 0.1) is 6.04 Å². The van der Waals surface area contributed by atoms with Crippen LogP contribution in [0.4, 0.5) is 0 Å². The summed E-state index contributed by atoms with van der Waals surface area (Å²) in [6, 6.07) is 20.1. The van der Waals surface area contributed by atoms with E-state index in [1.807, 2.05) is 79.9 Å². The Hall–Kier alpha value is -2.68. The van der Waals surface area contributed by atoms with Crippen LogP contribution < -0.4 is 0 Å². The highest BCUT2D eigenvalue weighted by molar-refractivity contribution is 5.52.